The van der Waals surface area contributed by atoms with E-state index in [2.05, 4.69) is 0 Å². The standard InChI is InChI=1S/C7H13ClF3NO2S/c1-6(5-7(9,10)11)12-15(13,14)4-2-3-8/h6,12H,2-5H2,1H3. The topological polar surface area (TPSA) is 46.2 Å². The first kappa shape index (κ1) is 15.0. The molecule has 0 aliphatic heterocycles. The number of nitrogens with one attached hydrogen (secondary N) is 1. The normalized spacial score (nSPS) is 15.3. The Morgan fingerprint density at radius 3 is 2.33 bits per heavy atom. The van der Waals surface area contributed by atoms with Gasteiger partial charge < -0.3 is 0 Å². The van der Waals surface area contributed by atoms with Crippen LogP contribution in [0.5, 0.6) is 0 Å². The molecule has 15 heavy (non-hydrogen) atoms. The molecule has 0 aliphatic rings. The maximum Gasteiger partial charge on any atom is 0.390 e. The van der Waals surface area contributed by atoms with Crippen LogP contribution >= 0.6 is 11.6 Å². The lowest BCUT2D eigenvalue weighted by Gasteiger charge is -2.15. The summed E-state index contributed by atoms with van der Waals surface area (Å²) in [5.41, 5.74) is 0. The summed E-state index contributed by atoms with van der Waals surface area (Å²) in [4.78, 5) is 0. The van der Waals surface area contributed by atoms with Crippen molar-refractivity contribution in [1.82, 2.24) is 4.72 Å². The molecule has 92 valence electrons. The first-order valence-corrected chi connectivity index (χ1v) is 6.47. The molecule has 0 saturated carbocycles. The van der Waals surface area contributed by atoms with E-state index in [9.17, 15) is 21.6 Å². The number of halogens is 4. The average Bonchev–Trinajstić information content (AvgIpc) is 1.95. The highest BCUT2D eigenvalue weighted by atomic mass is 35.5. The maximum absolute atomic E-state index is 11.9. The van der Waals surface area contributed by atoms with Crippen molar-refractivity contribution in [3.05, 3.63) is 0 Å². The molecule has 0 saturated heterocycles. The smallest absolute Gasteiger partial charge is 0.212 e. The minimum absolute atomic E-state index is 0.161. The first-order valence-electron chi connectivity index (χ1n) is 4.29. The summed E-state index contributed by atoms with van der Waals surface area (Å²) in [5.74, 6) is -0.0900. The van der Waals surface area contributed by atoms with E-state index in [0.29, 0.717) is 0 Å². The molecule has 0 aromatic heterocycles. The molecular weight excluding hydrogens is 255 g/mol. The van der Waals surface area contributed by atoms with E-state index in [1.807, 2.05) is 4.72 Å². The van der Waals surface area contributed by atoms with Crippen LogP contribution in [0.4, 0.5) is 13.2 Å². The highest BCUT2D eigenvalue weighted by molar-refractivity contribution is 7.89. The van der Waals surface area contributed by atoms with Gasteiger partial charge >= 0.3 is 6.18 Å². The largest absolute Gasteiger partial charge is 0.390 e. The zero-order valence-electron chi connectivity index (χ0n) is 8.14. The highest BCUT2D eigenvalue weighted by Gasteiger charge is 2.31. The second kappa shape index (κ2) is 5.91. The summed E-state index contributed by atoms with van der Waals surface area (Å²) in [6, 6.07) is -1.15. The van der Waals surface area contributed by atoms with Gasteiger partial charge in [-0.15, -0.1) is 11.6 Å². The number of hydrogen-bond donors (Lipinski definition) is 1. The summed E-state index contributed by atoms with van der Waals surface area (Å²) < 4.78 is 59.9. The molecule has 0 aromatic carbocycles. The van der Waals surface area contributed by atoms with Crippen molar-refractivity contribution in [3.63, 3.8) is 0 Å². The molecule has 0 rings (SSSR count). The Morgan fingerprint density at radius 2 is 1.93 bits per heavy atom. The highest BCUT2D eigenvalue weighted by Crippen LogP contribution is 2.21. The molecule has 8 heteroatoms. The van der Waals surface area contributed by atoms with Crippen LogP contribution in [0.1, 0.15) is 19.8 Å². The van der Waals surface area contributed by atoms with Gasteiger partial charge in [-0.3, -0.25) is 0 Å². The van der Waals surface area contributed by atoms with Gasteiger partial charge in [0, 0.05) is 11.9 Å². The molecule has 1 unspecified atom stereocenters. The predicted molar refractivity (Wildman–Crippen MR) is 52.4 cm³/mol. The number of alkyl halides is 4. The van der Waals surface area contributed by atoms with Crippen molar-refractivity contribution in [3.8, 4) is 0 Å². The van der Waals surface area contributed by atoms with Gasteiger partial charge in [0.2, 0.25) is 10.0 Å². The SMILES string of the molecule is CC(CC(F)(F)F)NS(=O)(=O)CCCCl. The molecule has 0 amide bonds. The zero-order chi connectivity index (χ0) is 12.1. The second-order valence-electron chi connectivity index (χ2n) is 3.20. The van der Waals surface area contributed by atoms with Gasteiger partial charge in [0.25, 0.3) is 0 Å². The van der Waals surface area contributed by atoms with Crippen molar-refractivity contribution in [2.24, 2.45) is 0 Å². The van der Waals surface area contributed by atoms with E-state index in [4.69, 9.17) is 11.6 Å². The van der Waals surface area contributed by atoms with Crippen LogP contribution in [0.15, 0.2) is 0 Å². The molecule has 1 N–H and O–H groups in total. The average molecular weight is 268 g/mol. The Morgan fingerprint density at radius 1 is 1.40 bits per heavy atom. The monoisotopic (exact) mass is 267 g/mol. The fourth-order valence-corrected chi connectivity index (χ4v) is 2.63. The molecule has 3 nitrogen and oxygen atoms in total. The minimum Gasteiger partial charge on any atom is -0.212 e. The molecule has 0 radical (unpaired) electrons. The minimum atomic E-state index is -4.37. The van der Waals surface area contributed by atoms with E-state index < -0.39 is 28.7 Å². The molecule has 0 aliphatic carbocycles. The second-order valence-corrected chi connectivity index (χ2v) is 5.45. The molecule has 0 fully saturated rings. The van der Waals surface area contributed by atoms with Crippen LogP contribution < -0.4 is 4.72 Å². The first-order chi connectivity index (χ1) is 6.66. The fraction of sp³-hybridized carbons (Fsp3) is 1.00. The fourth-order valence-electron chi connectivity index (χ4n) is 0.999. The van der Waals surface area contributed by atoms with E-state index in [-0.39, 0.29) is 18.1 Å². The summed E-state index contributed by atoms with van der Waals surface area (Å²) in [5, 5.41) is 0. The van der Waals surface area contributed by atoms with Crippen molar-refractivity contribution in [2.45, 2.75) is 32.0 Å². The van der Waals surface area contributed by atoms with Gasteiger partial charge in [-0.1, -0.05) is 0 Å². The summed E-state index contributed by atoms with van der Waals surface area (Å²) in [7, 11) is -3.65. The van der Waals surface area contributed by atoms with Gasteiger partial charge in [0.05, 0.1) is 12.2 Å². The van der Waals surface area contributed by atoms with Crippen LogP contribution in [0.2, 0.25) is 0 Å². The number of hydrogen-bond acceptors (Lipinski definition) is 2. The van der Waals surface area contributed by atoms with Gasteiger partial charge in [-0.2, -0.15) is 13.2 Å². The van der Waals surface area contributed by atoms with Gasteiger partial charge in [0.15, 0.2) is 0 Å². The lowest BCUT2D eigenvalue weighted by atomic mass is 10.2. The van der Waals surface area contributed by atoms with Crippen molar-refractivity contribution in [2.75, 3.05) is 11.6 Å². The Hall–Kier alpha value is -0.0100. The van der Waals surface area contributed by atoms with E-state index in [1.54, 1.807) is 0 Å². The van der Waals surface area contributed by atoms with E-state index in [0.717, 1.165) is 0 Å². The molecule has 0 aromatic rings. The quantitative estimate of drug-likeness (QED) is 0.747. The zero-order valence-corrected chi connectivity index (χ0v) is 9.71. The van der Waals surface area contributed by atoms with Crippen molar-refractivity contribution >= 4 is 21.6 Å². The van der Waals surface area contributed by atoms with E-state index in [1.165, 1.54) is 6.92 Å². The predicted octanol–water partition coefficient (Wildman–Crippen LogP) is 1.88. The van der Waals surface area contributed by atoms with Gasteiger partial charge in [-0.25, -0.2) is 13.1 Å². The Kier molecular flexibility index (Phi) is 5.90. The Labute approximate surface area is 92.0 Å². The molecule has 1 atom stereocenters. The van der Waals surface area contributed by atoms with Crippen LogP contribution in [-0.2, 0) is 10.0 Å². The molecule has 0 heterocycles. The lowest BCUT2D eigenvalue weighted by Crippen LogP contribution is -2.37. The van der Waals surface area contributed by atoms with Crippen LogP contribution in [0, 0.1) is 0 Å². The van der Waals surface area contributed by atoms with Crippen LogP contribution in [-0.4, -0.2) is 32.3 Å². The molecular formula is C7H13ClF3NO2S. The third-order valence-corrected chi connectivity index (χ3v) is 3.32. The molecule has 0 bridgehead atoms. The van der Waals surface area contributed by atoms with Crippen molar-refractivity contribution in [1.29, 1.82) is 0 Å². The van der Waals surface area contributed by atoms with Gasteiger partial charge in [-0.05, 0) is 13.3 Å². The third kappa shape index (κ3) is 8.95. The number of rotatable bonds is 6. The van der Waals surface area contributed by atoms with E-state index >= 15 is 0 Å². The lowest BCUT2D eigenvalue weighted by molar-refractivity contribution is -0.137. The van der Waals surface area contributed by atoms with Crippen molar-refractivity contribution < 1.29 is 21.6 Å². The van der Waals surface area contributed by atoms with Crippen LogP contribution in [0.25, 0.3) is 0 Å². The maximum atomic E-state index is 11.9. The summed E-state index contributed by atoms with van der Waals surface area (Å²) in [6.07, 6.45) is -5.32. The third-order valence-electron chi connectivity index (χ3n) is 1.47. The summed E-state index contributed by atoms with van der Waals surface area (Å²) in [6.45, 7) is 1.17. The van der Waals surface area contributed by atoms with Gasteiger partial charge in [0.1, 0.15) is 0 Å². The molecule has 0 spiro atoms. The summed E-state index contributed by atoms with van der Waals surface area (Å²) >= 11 is 5.28. The van der Waals surface area contributed by atoms with Crippen LogP contribution in [0.3, 0.4) is 0 Å². The Bertz CT molecular complexity index is 278. The number of sulfonamides is 1. The Balaban J connectivity index is 4.11.